The van der Waals surface area contributed by atoms with Crippen molar-refractivity contribution in [3.8, 4) is 0 Å². The normalized spacial score (nSPS) is 29.7. The molecule has 3 rings (SSSR count). The van der Waals surface area contributed by atoms with Crippen molar-refractivity contribution in [1.82, 2.24) is 4.72 Å². The van der Waals surface area contributed by atoms with Crippen LogP contribution in [-0.4, -0.2) is 39.3 Å². The molecule has 12 heteroatoms. The van der Waals surface area contributed by atoms with E-state index < -0.39 is 72.5 Å². The molecule has 1 aromatic carbocycles. The second kappa shape index (κ2) is 7.66. The summed E-state index contributed by atoms with van der Waals surface area (Å²) in [6.07, 6.45) is -1.30. The topological polar surface area (TPSA) is 80.3 Å². The molecule has 31 heavy (non-hydrogen) atoms. The smallest absolute Gasteiger partial charge is 0.242 e. The third-order valence-corrected chi connectivity index (χ3v) is 9.46. The minimum Gasteiger partial charge on any atom is -0.242 e. The fourth-order valence-corrected chi connectivity index (χ4v) is 7.17. The van der Waals surface area contributed by atoms with Crippen LogP contribution in [0.2, 0.25) is 0 Å². The zero-order chi connectivity index (χ0) is 23.4. The second-order valence-corrected chi connectivity index (χ2v) is 11.8. The van der Waals surface area contributed by atoms with E-state index in [1.54, 1.807) is 6.92 Å². The molecule has 0 spiro atoms. The second-order valence-electron chi connectivity index (χ2n) is 7.84. The maximum atomic E-state index is 14.8. The third kappa shape index (κ3) is 3.93. The SMILES string of the molecule is Cc1ccc(S(=O)(=O)C2(C3=C(F)C=CC(F)C3C)CC(NS(=O)(=O)C(F)(F)F)C2)cc1. The first-order valence-corrected chi connectivity index (χ1v) is 12.2. The lowest BCUT2D eigenvalue weighted by Gasteiger charge is -2.50. The van der Waals surface area contributed by atoms with Gasteiger partial charge in [-0.25, -0.2) is 30.3 Å². The predicted molar refractivity (Wildman–Crippen MR) is 104 cm³/mol. The van der Waals surface area contributed by atoms with Crippen molar-refractivity contribution in [2.75, 3.05) is 0 Å². The predicted octanol–water partition coefficient (Wildman–Crippen LogP) is 3.88. The first-order valence-electron chi connectivity index (χ1n) is 9.25. The summed E-state index contributed by atoms with van der Waals surface area (Å²) in [7, 11) is -10.1. The molecule has 0 saturated heterocycles. The largest absolute Gasteiger partial charge is 0.511 e. The number of aryl methyl sites for hydroxylation is 1. The molecule has 1 aromatic rings. The summed E-state index contributed by atoms with van der Waals surface area (Å²) in [6.45, 7) is 2.99. The molecule has 2 unspecified atom stereocenters. The average molecular weight is 485 g/mol. The molecule has 0 amide bonds. The highest BCUT2D eigenvalue weighted by molar-refractivity contribution is 7.93. The third-order valence-electron chi connectivity index (χ3n) is 5.73. The molecule has 2 atom stereocenters. The number of rotatable bonds is 5. The fourth-order valence-electron chi connectivity index (χ4n) is 4.08. The van der Waals surface area contributed by atoms with Crippen LogP contribution in [0.1, 0.15) is 25.3 Å². The van der Waals surface area contributed by atoms with E-state index in [1.165, 1.54) is 35.9 Å². The maximum absolute atomic E-state index is 14.8. The van der Waals surface area contributed by atoms with Crippen molar-refractivity contribution in [2.45, 2.75) is 54.1 Å². The Morgan fingerprint density at radius 3 is 2.13 bits per heavy atom. The van der Waals surface area contributed by atoms with Gasteiger partial charge in [0.05, 0.1) is 4.90 Å². The molecule has 1 N–H and O–H groups in total. The summed E-state index contributed by atoms with van der Waals surface area (Å²) in [5, 5.41) is 0. The molecular weight excluding hydrogens is 465 g/mol. The summed E-state index contributed by atoms with van der Waals surface area (Å²) in [5.41, 5.74) is -5.25. The Kier molecular flexibility index (Phi) is 5.90. The standard InChI is InChI=1S/C19H20F5NO4S2/c1-11-3-5-14(6-4-11)30(26,27)18(17-12(2)15(20)7-8-16(17)21)9-13(10-18)25-31(28,29)19(22,23)24/h3-8,12-13,15,25H,9-10H2,1-2H3. The first kappa shape index (κ1) is 23.9. The zero-order valence-corrected chi connectivity index (χ0v) is 18.1. The molecule has 2 aliphatic carbocycles. The van der Waals surface area contributed by atoms with Gasteiger partial charge < -0.3 is 0 Å². The van der Waals surface area contributed by atoms with E-state index in [-0.39, 0.29) is 4.90 Å². The Balaban J connectivity index is 2.08. The summed E-state index contributed by atoms with van der Waals surface area (Å²) in [4.78, 5) is -0.215. The van der Waals surface area contributed by atoms with Gasteiger partial charge >= 0.3 is 15.5 Å². The molecule has 0 radical (unpaired) electrons. The van der Waals surface area contributed by atoms with Crippen LogP contribution in [0.15, 0.2) is 52.7 Å². The van der Waals surface area contributed by atoms with Crippen molar-refractivity contribution >= 4 is 19.9 Å². The van der Waals surface area contributed by atoms with Crippen LogP contribution in [-0.2, 0) is 19.9 Å². The minimum atomic E-state index is -5.73. The number of nitrogens with one attached hydrogen (secondary N) is 1. The lowest BCUT2D eigenvalue weighted by Crippen LogP contribution is -2.62. The Morgan fingerprint density at radius 1 is 1.06 bits per heavy atom. The van der Waals surface area contributed by atoms with Crippen LogP contribution in [0.4, 0.5) is 22.0 Å². The van der Waals surface area contributed by atoms with Gasteiger partial charge in [0.15, 0.2) is 9.84 Å². The molecule has 172 valence electrons. The quantitative estimate of drug-likeness (QED) is 0.642. The number of hydrogen-bond acceptors (Lipinski definition) is 4. The fraction of sp³-hybridized carbons (Fsp3) is 0.474. The van der Waals surface area contributed by atoms with Crippen LogP contribution in [0.5, 0.6) is 0 Å². The summed E-state index contributed by atoms with van der Waals surface area (Å²) in [5.74, 6) is -2.19. The lowest BCUT2D eigenvalue weighted by atomic mass is 9.69. The summed E-state index contributed by atoms with van der Waals surface area (Å²) < 4.78 is 116. The number of hydrogen-bond donors (Lipinski definition) is 1. The van der Waals surface area contributed by atoms with Crippen LogP contribution in [0.25, 0.3) is 0 Å². The van der Waals surface area contributed by atoms with Crippen molar-refractivity contribution < 1.29 is 38.8 Å². The molecule has 0 heterocycles. The van der Waals surface area contributed by atoms with E-state index in [1.807, 2.05) is 0 Å². The minimum absolute atomic E-state index is 0.215. The van der Waals surface area contributed by atoms with Crippen LogP contribution >= 0.6 is 0 Å². The number of sulfonamides is 1. The van der Waals surface area contributed by atoms with Crippen LogP contribution in [0.3, 0.4) is 0 Å². The average Bonchev–Trinajstić information content (AvgIpc) is 2.61. The first-order chi connectivity index (χ1) is 14.1. The summed E-state index contributed by atoms with van der Waals surface area (Å²) in [6, 6.07) is 4.12. The van der Waals surface area contributed by atoms with Gasteiger partial charge in [0.25, 0.3) is 0 Å². The van der Waals surface area contributed by atoms with Crippen LogP contribution in [0, 0.1) is 12.8 Å². The van der Waals surface area contributed by atoms with Gasteiger partial charge in [-0.05, 0) is 49.6 Å². The van der Waals surface area contributed by atoms with E-state index in [2.05, 4.69) is 0 Å². The zero-order valence-electron chi connectivity index (χ0n) is 16.4. The Labute approximate surface area is 177 Å². The Bertz CT molecular complexity index is 1130. The van der Waals surface area contributed by atoms with Gasteiger partial charge in [0, 0.05) is 12.0 Å². The highest BCUT2D eigenvalue weighted by atomic mass is 32.2. The van der Waals surface area contributed by atoms with E-state index >= 15 is 0 Å². The molecular formula is C19H20F5NO4S2. The molecule has 5 nitrogen and oxygen atoms in total. The van der Waals surface area contributed by atoms with Crippen molar-refractivity contribution in [2.24, 2.45) is 5.92 Å². The van der Waals surface area contributed by atoms with E-state index in [0.717, 1.165) is 17.7 Å². The van der Waals surface area contributed by atoms with Crippen molar-refractivity contribution in [3.63, 3.8) is 0 Å². The van der Waals surface area contributed by atoms with Gasteiger partial charge in [-0.3, -0.25) is 0 Å². The molecule has 0 aromatic heterocycles. The lowest BCUT2D eigenvalue weighted by molar-refractivity contribution is -0.0454. The van der Waals surface area contributed by atoms with Gasteiger partial charge in [-0.2, -0.15) is 13.2 Å². The number of sulfone groups is 1. The van der Waals surface area contributed by atoms with Gasteiger partial charge in [-0.1, -0.05) is 24.6 Å². The number of alkyl halides is 4. The monoisotopic (exact) mass is 485 g/mol. The highest BCUT2D eigenvalue weighted by Crippen LogP contribution is 2.53. The van der Waals surface area contributed by atoms with Gasteiger partial charge in [-0.15, -0.1) is 0 Å². The maximum Gasteiger partial charge on any atom is 0.511 e. The number of allylic oxidation sites excluding steroid dienone is 3. The van der Waals surface area contributed by atoms with E-state index in [4.69, 9.17) is 0 Å². The Hall–Kier alpha value is -1.79. The Morgan fingerprint density at radius 2 is 1.61 bits per heavy atom. The van der Waals surface area contributed by atoms with Crippen LogP contribution < -0.4 is 4.72 Å². The van der Waals surface area contributed by atoms with E-state index in [9.17, 15) is 38.8 Å². The molecule has 0 aliphatic heterocycles. The van der Waals surface area contributed by atoms with Gasteiger partial charge in [0.1, 0.15) is 16.7 Å². The number of halogens is 5. The summed E-state index contributed by atoms with van der Waals surface area (Å²) >= 11 is 0. The molecule has 0 bridgehead atoms. The van der Waals surface area contributed by atoms with E-state index in [0.29, 0.717) is 0 Å². The van der Waals surface area contributed by atoms with Gasteiger partial charge in [0.2, 0.25) is 0 Å². The molecule has 1 saturated carbocycles. The number of benzene rings is 1. The molecule has 1 fully saturated rings. The molecule has 2 aliphatic rings. The van der Waals surface area contributed by atoms with Crippen molar-refractivity contribution in [3.05, 3.63) is 53.4 Å². The van der Waals surface area contributed by atoms with Crippen molar-refractivity contribution in [1.29, 1.82) is 0 Å². The highest BCUT2D eigenvalue weighted by Gasteiger charge is 2.61.